The summed E-state index contributed by atoms with van der Waals surface area (Å²) in [5.74, 6) is 1.46. The number of rotatable bonds is 4. The maximum absolute atomic E-state index is 12.9. The van der Waals surface area contributed by atoms with E-state index in [9.17, 15) is 4.79 Å². The van der Waals surface area contributed by atoms with Gasteiger partial charge in [-0.25, -0.2) is 0 Å². The summed E-state index contributed by atoms with van der Waals surface area (Å²) in [6, 6.07) is 0. The van der Waals surface area contributed by atoms with E-state index in [1.54, 1.807) is 6.92 Å². The number of likely N-dealkylation sites (tertiary alicyclic amines) is 1. The molecule has 3 heterocycles. The molecule has 0 spiro atoms. The summed E-state index contributed by atoms with van der Waals surface area (Å²) in [5.41, 5.74) is 2.49. The van der Waals surface area contributed by atoms with Crippen LogP contribution >= 0.6 is 0 Å². The van der Waals surface area contributed by atoms with Gasteiger partial charge in [-0.3, -0.25) is 9.48 Å². The topological polar surface area (TPSA) is 77.1 Å². The first-order chi connectivity index (χ1) is 11.0. The lowest BCUT2D eigenvalue weighted by molar-refractivity contribution is 0.0788. The highest BCUT2D eigenvalue weighted by atomic mass is 16.5. The zero-order chi connectivity index (χ0) is 16.6. The van der Waals surface area contributed by atoms with Crippen LogP contribution in [0.5, 0.6) is 0 Å². The highest BCUT2D eigenvalue weighted by Crippen LogP contribution is 2.28. The summed E-state index contributed by atoms with van der Waals surface area (Å²) < 4.78 is 7.18. The van der Waals surface area contributed by atoms with Crippen LogP contribution in [-0.4, -0.2) is 43.8 Å². The third-order valence-electron chi connectivity index (χ3n) is 4.40. The average molecular weight is 317 g/mol. The molecule has 23 heavy (non-hydrogen) atoms. The molecule has 0 N–H and O–H groups in total. The van der Waals surface area contributed by atoms with Gasteiger partial charge in [0.1, 0.15) is 0 Å². The molecule has 1 amide bonds. The van der Waals surface area contributed by atoms with Crippen molar-refractivity contribution in [1.82, 2.24) is 24.8 Å². The van der Waals surface area contributed by atoms with E-state index >= 15 is 0 Å². The molecule has 0 saturated carbocycles. The number of aryl methyl sites for hydroxylation is 3. The van der Waals surface area contributed by atoms with E-state index < -0.39 is 0 Å². The van der Waals surface area contributed by atoms with Crippen molar-refractivity contribution in [2.24, 2.45) is 0 Å². The molecule has 0 aromatic carbocycles. The molecule has 2 aromatic rings. The van der Waals surface area contributed by atoms with Gasteiger partial charge in [0.15, 0.2) is 5.82 Å². The lowest BCUT2D eigenvalue weighted by Gasteiger charge is -2.16. The Kier molecular flexibility index (Phi) is 4.19. The largest absolute Gasteiger partial charge is 0.339 e. The van der Waals surface area contributed by atoms with Gasteiger partial charge >= 0.3 is 0 Å². The van der Waals surface area contributed by atoms with Crippen molar-refractivity contribution in [1.29, 1.82) is 0 Å². The average Bonchev–Trinajstić information content (AvgIpc) is 3.20. The van der Waals surface area contributed by atoms with Crippen molar-refractivity contribution in [3.63, 3.8) is 0 Å². The monoisotopic (exact) mass is 317 g/mol. The minimum Gasteiger partial charge on any atom is -0.339 e. The minimum absolute atomic E-state index is 0.0566. The van der Waals surface area contributed by atoms with Crippen LogP contribution in [0.15, 0.2) is 4.52 Å². The molecule has 2 aromatic heterocycles. The molecule has 7 nitrogen and oxygen atoms in total. The third-order valence-corrected chi connectivity index (χ3v) is 4.40. The lowest BCUT2D eigenvalue weighted by atomic mass is 10.1. The van der Waals surface area contributed by atoms with E-state index in [0.29, 0.717) is 24.8 Å². The van der Waals surface area contributed by atoms with Gasteiger partial charge in [-0.1, -0.05) is 12.1 Å². The molecular weight excluding hydrogens is 294 g/mol. The van der Waals surface area contributed by atoms with Gasteiger partial charge in [0.05, 0.1) is 17.2 Å². The van der Waals surface area contributed by atoms with Gasteiger partial charge in [-0.15, -0.1) is 0 Å². The van der Waals surface area contributed by atoms with Crippen molar-refractivity contribution in [2.45, 2.75) is 53.0 Å². The fourth-order valence-corrected chi connectivity index (χ4v) is 3.22. The van der Waals surface area contributed by atoms with Crippen LogP contribution in [0.25, 0.3) is 0 Å². The standard InChI is InChI=1S/C16H23N5O2/c1-5-7-21-11(3)14(10(2)18-21)16(22)20-8-6-13(9-20)15-17-12(4)19-23-15/h13H,5-9H2,1-4H3/t13-/m0/s1. The first-order valence-corrected chi connectivity index (χ1v) is 8.14. The Morgan fingerprint density at radius 2 is 2.13 bits per heavy atom. The molecule has 1 aliphatic rings. The maximum atomic E-state index is 12.9. The van der Waals surface area contributed by atoms with E-state index in [1.807, 2.05) is 23.4 Å². The SMILES string of the molecule is CCCn1nc(C)c(C(=O)N2CC[C@H](c3nc(C)no3)C2)c1C. The van der Waals surface area contributed by atoms with E-state index in [4.69, 9.17) is 4.52 Å². The fraction of sp³-hybridized carbons (Fsp3) is 0.625. The number of carbonyl (C=O) groups is 1. The molecule has 0 radical (unpaired) electrons. The highest BCUT2D eigenvalue weighted by Gasteiger charge is 2.33. The normalized spacial score (nSPS) is 17.9. The van der Waals surface area contributed by atoms with Crippen LogP contribution in [0.4, 0.5) is 0 Å². The fourth-order valence-electron chi connectivity index (χ4n) is 3.22. The Hall–Kier alpha value is -2.18. The number of hydrogen-bond donors (Lipinski definition) is 0. The van der Waals surface area contributed by atoms with Crippen molar-refractivity contribution >= 4 is 5.91 Å². The van der Waals surface area contributed by atoms with E-state index in [0.717, 1.165) is 36.3 Å². The second-order valence-corrected chi connectivity index (χ2v) is 6.19. The molecule has 0 aliphatic carbocycles. The van der Waals surface area contributed by atoms with Crippen LogP contribution < -0.4 is 0 Å². The summed E-state index contributed by atoms with van der Waals surface area (Å²) in [6.07, 6.45) is 1.85. The molecule has 1 fully saturated rings. The van der Waals surface area contributed by atoms with Gasteiger partial charge in [-0.05, 0) is 33.6 Å². The molecule has 7 heteroatoms. The summed E-state index contributed by atoms with van der Waals surface area (Å²) in [4.78, 5) is 19.1. The zero-order valence-corrected chi connectivity index (χ0v) is 14.2. The molecule has 1 saturated heterocycles. The van der Waals surface area contributed by atoms with Gasteiger partial charge in [0.2, 0.25) is 5.89 Å². The summed E-state index contributed by atoms with van der Waals surface area (Å²) in [7, 11) is 0. The Balaban J connectivity index is 1.77. The van der Waals surface area contributed by atoms with E-state index in [-0.39, 0.29) is 11.8 Å². The Bertz CT molecular complexity index is 718. The molecule has 0 unspecified atom stereocenters. The van der Waals surface area contributed by atoms with Gasteiger partial charge in [0.25, 0.3) is 5.91 Å². The smallest absolute Gasteiger partial charge is 0.257 e. The molecule has 124 valence electrons. The highest BCUT2D eigenvalue weighted by molar-refractivity contribution is 5.96. The van der Waals surface area contributed by atoms with Crippen LogP contribution in [0, 0.1) is 20.8 Å². The summed E-state index contributed by atoms with van der Waals surface area (Å²) in [6.45, 7) is 9.96. The van der Waals surface area contributed by atoms with Gasteiger partial charge in [0, 0.05) is 25.3 Å². The van der Waals surface area contributed by atoms with E-state index in [2.05, 4.69) is 22.2 Å². The van der Waals surface area contributed by atoms with Crippen molar-refractivity contribution in [2.75, 3.05) is 13.1 Å². The van der Waals surface area contributed by atoms with Crippen LogP contribution in [0.2, 0.25) is 0 Å². The molecule has 3 rings (SSSR count). The van der Waals surface area contributed by atoms with Crippen molar-refractivity contribution in [3.8, 4) is 0 Å². The predicted octanol–water partition coefficient (Wildman–Crippen LogP) is 2.23. The number of amides is 1. The summed E-state index contributed by atoms with van der Waals surface area (Å²) in [5, 5.41) is 8.34. The van der Waals surface area contributed by atoms with Crippen LogP contribution in [0.3, 0.4) is 0 Å². The molecule has 1 aliphatic heterocycles. The number of hydrogen-bond acceptors (Lipinski definition) is 5. The van der Waals surface area contributed by atoms with Gasteiger partial charge < -0.3 is 9.42 Å². The molecule has 1 atom stereocenters. The van der Waals surface area contributed by atoms with Crippen molar-refractivity contribution in [3.05, 3.63) is 28.7 Å². The number of nitrogens with zero attached hydrogens (tertiary/aromatic N) is 5. The van der Waals surface area contributed by atoms with E-state index in [1.165, 1.54) is 0 Å². The zero-order valence-electron chi connectivity index (χ0n) is 14.2. The Morgan fingerprint density at radius 1 is 1.35 bits per heavy atom. The van der Waals surface area contributed by atoms with Gasteiger partial charge in [-0.2, -0.15) is 10.1 Å². The second-order valence-electron chi connectivity index (χ2n) is 6.19. The quantitative estimate of drug-likeness (QED) is 0.864. The minimum atomic E-state index is 0.0566. The first-order valence-electron chi connectivity index (χ1n) is 8.14. The predicted molar refractivity (Wildman–Crippen MR) is 84.3 cm³/mol. The Morgan fingerprint density at radius 3 is 2.78 bits per heavy atom. The first kappa shape index (κ1) is 15.7. The molecule has 0 bridgehead atoms. The second kappa shape index (κ2) is 6.14. The lowest BCUT2D eigenvalue weighted by Crippen LogP contribution is -2.29. The molecular formula is C16H23N5O2. The number of aromatic nitrogens is 4. The Labute approximate surface area is 135 Å². The maximum Gasteiger partial charge on any atom is 0.257 e. The van der Waals surface area contributed by atoms with Crippen molar-refractivity contribution < 1.29 is 9.32 Å². The van der Waals surface area contributed by atoms with Crippen LogP contribution in [-0.2, 0) is 6.54 Å². The third kappa shape index (κ3) is 2.87. The summed E-state index contributed by atoms with van der Waals surface area (Å²) >= 11 is 0. The number of carbonyl (C=O) groups excluding carboxylic acids is 1. The van der Waals surface area contributed by atoms with Crippen LogP contribution in [0.1, 0.15) is 59.1 Å².